The molecule has 0 aliphatic rings. The van der Waals surface area contributed by atoms with E-state index < -0.39 is 0 Å². The fourth-order valence-corrected chi connectivity index (χ4v) is 1.74. The van der Waals surface area contributed by atoms with Crippen LogP contribution in [0.1, 0.15) is 26.3 Å². The van der Waals surface area contributed by atoms with Crippen LogP contribution in [0.25, 0.3) is 0 Å². The third-order valence-electron chi connectivity index (χ3n) is 2.18. The molecule has 3 nitrogen and oxygen atoms in total. The maximum atomic E-state index is 9.01. The van der Waals surface area contributed by atoms with Gasteiger partial charge in [-0.3, -0.25) is 4.90 Å². The van der Waals surface area contributed by atoms with Gasteiger partial charge in [0.25, 0.3) is 0 Å². The van der Waals surface area contributed by atoms with Crippen molar-refractivity contribution < 1.29 is 5.11 Å². The van der Waals surface area contributed by atoms with Gasteiger partial charge in [0.15, 0.2) is 0 Å². The highest BCUT2D eigenvalue weighted by Crippen LogP contribution is 2.16. The number of hydrogen-bond donors (Lipinski definition) is 2. The van der Waals surface area contributed by atoms with Crippen LogP contribution in [0.2, 0.25) is 0 Å². The molecule has 0 radical (unpaired) electrons. The number of H-pyrrole nitrogens is 1. The summed E-state index contributed by atoms with van der Waals surface area (Å²) in [5.74, 6) is 0. The second kappa shape index (κ2) is 5.33. The summed E-state index contributed by atoms with van der Waals surface area (Å²) in [6.45, 7) is 9.51. The number of hydrogen-bond acceptors (Lipinski definition) is 2. The summed E-state index contributed by atoms with van der Waals surface area (Å²) >= 11 is 0. The molecule has 0 fully saturated rings. The van der Waals surface area contributed by atoms with Crippen LogP contribution in [0, 0.1) is 5.41 Å². The van der Waals surface area contributed by atoms with Gasteiger partial charge < -0.3 is 10.1 Å². The van der Waals surface area contributed by atoms with Crippen LogP contribution in [-0.4, -0.2) is 34.7 Å². The SMILES string of the molecule is CC(C)(C)CN(CCO)Cc1cc[nH]c1. The number of aliphatic hydroxyl groups is 1. The lowest BCUT2D eigenvalue weighted by molar-refractivity contribution is 0.146. The summed E-state index contributed by atoms with van der Waals surface area (Å²) in [6, 6.07) is 2.08. The third-order valence-corrected chi connectivity index (χ3v) is 2.18. The average Bonchev–Trinajstić information content (AvgIpc) is 2.54. The van der Waals surface area contributed by atoms with Crippen molar-refractivity contribution in [1.29, 1.82) is 0 Å². The van der Waals surface area contributed by atoms with Gasteiger partial charge in [0.2, 0.25) is 0 Å². The van der Waals surface area contributed by atoms with Crippen molar-refractivity contribution in [3.05, 3.63) is 24.0 Å². The van der Waals surface area contributed by atoms with E-state index in [1.807, 2.05) is 12.4 Å². The van der Waals surface area contributed by atoms with Gasteiger partial charge in [0, 0.05) is 32.0 Å². The van der Waals surface area contributed by atoms with E-state index in [-0.39, 0.29) is 12.0 Å². The minimum absolute atomic E-state index is 0.223. The molecule has 0 aliphatic heterocycles. The molecule has 0 aromatic carbocycles. The van der Waals surface area contributed by atoms with E-state index in [0.717, 1.165) is 19.6 Å². The summed E-state index contributed by atoms with van der Waals surface area (Å²) in [7, 11) is 0. The number of rotatable bonds is 5. The fraction of sp³-hybridized carbons (Fsp3) is 0.667. The quantitative estimate of drug-likeness (QED) is 0.778. The Morgan fingerprint density at radius 3 is 2.60 bits per heavy atom. The van der Waals surface area contributed by atoms with Crippen LogP contribution < -0.4 is 0 Å². The number of nitrogens with one attached hydrogen (secondary N) is 1. The number of aliphatic hydroxyl groups excluding tert-OH is 1. The molecule has 0 bridgehead atoms. The van der Waals surface area contributed by atoms with Crippen LogP contribution in [0.3, 0.4) is 0 Å². The lowest BCUT2D eigenvalue weighted by Gasteiger charge is -2.29. The van der Waals surface area contributed by atoms with Gasteiger partial charge in [0.05, 0.1) is 6.61 Å². The van der Waals surface area contributed by atoms with Crippen molar-refractivity contribution in [1.82, 2.24) is 9.88 Å². The molecular formula is C12H22N2O. The van der Waals surface area contributed by atoms with E-state index in [2.05, 4.69) is 36.7 Å². The highest BCUT2D eigenvalue weighted by atomic mass is 16.3. The molecule has 0 aliphatic carbocycles. The summed E-state index contributed by atoms with van der Waals surface area (Å²) < 4.78 is 0. The van der Waals surface area contributed by atoms with Crippen molar-refractivity contribution >= 4 is 0 Å². The van der Waals surface area contributed by atoms with Gasteiger partial charge in [-0.25, -0.2) is 0 Å². The molecule has 0 saturated heterocycles. The van der Waals surface area contributed by atoms with Crippen molar-refractivity contribution in [2.75, 3.05) is 19.7 Å². The number of aromatic nitrogens is 1. The Bertz CT molecular complexity index is 262. The Balaban J connectivity index is 2.51. The molecule has 0 atom stereocenters. The lowest BCUT2D eigenvalue weighted by atomic mass is 9.96. The molecule has 0 unspecified atom stereocenters. The van der Waals surface area contributed by atoms with Crippen LogP contribution in [0.4, 0.5) is 0 Å². The molecular weight excluding hydrogens is 188 g/mol. The van der Waals surface area contributed by atoms with E-state index in [0.29, 0.717) is 0 Å². The zero-order valence-corrected chi connectivity index (χ0v) is 9.95. The maximum Gasteiger partial charge on any atom is 0.0558 e. The van der Waals surface area contributed by atoms with Gasteiger partial charge >= 0.3 is 0 Å². The summed E-state index contributed by atoms with van der Waals surface area (Å²) in [6.07, 6.45) is 3.94. The van der Waals surface area contributed by atoms with Gasteiger partial charge in [0.1, 0.15) is 0 Å². The monoisotopic (exact) mass is 210 g/mol. The molecule has 1 rings (SSSR count). The molecule has 1 aromatic heterocycles. The summed E-state index contributed by atoms with van der Waals surface area (Å²) in [4.78, 5) is 5.33. The maximum absolute atomic E-state index is 9.01. The van der Waals surface area contributed by atoms with Crippen molar-refractivity contribution in [2.24, 2.45) is 5.41 Å². The van der Waals surface area contributed by atoms with Gasteiger partial charge in [-0.1, -0.05) is 20.8 Å². The first kappa shape index (κ1) is 12.3. The lowest BCUT2D eigenvalue weighted by Crippen LogP contribution is -2.34. The molecule has 3 heteroatoms. The van der Waals surface area contributed by atoms with Gasteiger partial charge in [-0.05, 0) is 17.0 Å². The average molecular weight is 210 g/mol. The standard InChI is InChI=1S/C12H22N2O/c1-12(2,3)10-14(6-7-15)9-11-4-5-13-8-11/h4-5,8,13,15H,6-7,9-10H2,1-3H3. The second-order valence-electron chi connectivity index (χ2n) is 5.21. The first-order chi connectivity index (χ1) is 7.01. The zero-order valence-electron chi connectivity index (χ0n) is 9.95. The van der Waals surface area contributed by atoms with Crippen LogP contribution in [0.15, 0.2) is 18.5 Å². The Hall–Kier alpha value is -0.800. The van der Waals surface area contributed by atoms with Gasteiger partial charge in [-0.2, -0.15) is 0 Å². The van der Waals surface area contributed by atoms with Crippen LogP contribution >= 0.6 is 0 Å². The second-order valence-corrected chi connectivity index (χ2v) is 5.21. The minimum Gasteiger partial charge on any atom is -0.395 e. The fourth-order valence-electron chi connectivity index (χ4n) is 1.74. The molecule has 0 amide bonds. The van der Waals surface area contributed by atoms with Crippen molar-refractivity contribution in [2.45, 2.75) is 27.3 Å². The Morgan fingerprint density at radius 1 is 1.40 bits per heavy atom. The molecule has 2 N–H and O–H groups in total. The topological polar surface area (TPSA) is 39.3 Å². The van der Waals surface area contributed by atoms with Crippen molar-refractivity contribution in [3.63, 3.8) is 0 Å². The molecule has 86 valence electrons. The predicted molar refractivity (Wildman–Crippen MR) is 62.6 cm³/mol. The number of nitrogens with zero attached hydrogens (tertiary/aromatic N) is 1. The van der Waals surface area contributed by atoms with E-state index >= 15 is 0 Å². The van der Waals surface area contributed by atoms with E-state index in [1.165, 1.54) is 5.56 Å². The first-order valence-electron chi connectivity index (χ1n) is 5.46. The van der Waals surface area contributed by atoms with E-state index in [4.69, 9.17) is 5.11 Å². The molecule has 1 heterocycles. The smallest absolute Gasteiger partial charge is 0.0558 e. The number of aromatic amines is 1. The summed E-state index contributed by atoms with van der Waals surface area (Å²) in [5.41, 5.74) is 1.54. The predicted octanol–water partition coefficient (Wildman–Crippen LogP) is 1.86. The first-order valence-corrected chi connectivity index (χ1v) is 5.46. The largest absolute Gasteiger partial charge is 0.395 e. The van der Waals surface area contributed by atoms with E-state index in [1.54, 1.807) is 0 Å². The Kier molecular flexibility index (Phi) is 4.36. The molecule has 0 spiro atoms. The van der Waals surface area contributed by atoms with Crippen LogP contribution in [0.5, 0.6) is 0 Å². The molecule has 0 saturated carbocycles. The Morgan fingerprint density at radius 2 is 2.13 bits per heavy atom. The highest BCUT2D eigenvalue weighted by Gasteiger charge is 2.16. The minimum atomic E-state index is 0.223. The van der Waals surface area contributed by atoms with E-state index in [9.17, 15) is 0 Å². The molecule has 1 aromatic rings. The highest BCUT2D eigenvalue weighted by molar-refractivity contribution is 5.07. The normalized spacial score (nSPS) is 12.3. The van der Waals surface area contributed by atoms with Gasteiger partial charge in [-0.15, -0.1) is 0 Å². The third kappa shape index (κ3) is 5.00. The summed E-state index contributed by atoms with van der Waals surface area (Å²) in [5, 5.41) is 9.01. The zero-order chi connectivity index (χ0) is 11.3. The molecule has 15 heavy (non-hydrogen) atoms. The van der Waals surface area contributed by atoms with Crippen molar-refractivity contribution in [3.8, 4) is 0 Å². The van der Waals surface area contributed by atoms with Crippen LogP contribution in [-0.2, 0) is 6.54 Å². The Labute approximate surface area is 92.1 Å².